The van der Waals surface area contributed by atoms with Gasteiger partial charge in [-0.15, -0.1) is 0 Å². The summed E-state index contributed by atoms with van der Waals surface area (Å²) in [6.45, 7) is 1.45. The first kappa shape index (κ1) is 8.01. The molecule has 0 aliphatic carbocycles. The summed E-state index contributed by atoms with van der Waals surface area (Å²) in [5.74, 6) is 0. The molecule has 1 aliphatic rings. The van der Waals surface area contributed by atoms with Gasteiger partial charge in [-0.1, -0.05) is 0 Å². The van der Waals surface area contributed by atoms with E-state index >= 15 is 0 Å². The van der Waals surface area contributed by atoms with E-state index in [1.807, 2.05) is 6.42 Å². The summed E-state index contributed by atoms with van der Waals surface area (Å²) in [6, 6.07) is 0. The number of hydrogen-bond acceptors (Lipinski definition) is 3. The molecule has 1 aliphatic heterocycles. The minimum absolute atomic E-state index is 0.193. The third kappa shape index (κ3) is 1.95. The van der Waals surface area contributed by atoms with Crippen LogP contribution in [0.4, 0.5) is 0 Å². The van der Waals surface area contributed by atoms with Gasteiger partial charge in [0, 0.05) is 12.8 Å². The highest BCUT2D eigenvalue weighted by Gasteiger charge is 2.22. The molecule has 1 N–H and O–H groups in total. The van der Waals surface area contributed by atoms with Crippen LogP contribution in [0.2, 0.25) is 0 Å². The molecule has 1 atom stereocenters. The molecular weight excluding hydrogens is 150 g/mol. The first-order valence-electron chi connectivity index (χ1n) is 3.32. The van der Waals surface area contributed by atoms with Crippen LogP contribution in [0.5, 0.6) is 0 Å². The monoisotopic (exact) mass is 162 g/mol. The van der Waals surface area contributed by atoms with Gasteiger partial charge in [0.15, 0.2) is 9.84 Å². The number of sulfone groups is 1. The van der Waals surface area contributed by atoms with Gasteiger partial charge in [0.05, 0.1) is 5.25 Å². The molecule has 3 nitrogen and oxygen atoms in total. The van der Waals surface area contributed by atoms with Gasteiger partial charge in [0.25, 0.3) is 0 Å². The van der Waals surface area contributed by atoms with Crippen molar-refractivity contribution in [2.24, 2.45) is 0 Å². The molecule has 1 heterocycles. The van der Waals surface area contributed by atoms with E-state index in [0.29, 0.717) is 13.0 Å². The van der Waals surface area contributed by atoms with Crippen LogP contribution in [0.15, 0.2) is 0 Å². The van der Waals surface area contributed by atoms with Gasteiger partial charge in [-0.3, -0.25) is 0 Å². The first-order chi connectivity index (χ1) is 4.61. The molecule has 1 rings (SSSR count). The molecule has 1 fully saturated rings. The number of rotatable bonds is 1. The summed E-state index contributed by atoms with van der Waals surface area (Å²) >= 11 is 0. The van der Waals surface area contributed by atoms with Crippen LogP contribution < -0.4 is 5.32 Å². The summed E-state index contributed by atoms with van der Waals surface area (Å²) in [5, 5.41) is 2.81. The van der Waals surface area contributed by atoms with E-state index in [4.69, 9.17) is 0 Å². The fraction of sp³-hybridized carbons (Fsp3) is 0.833. The van der Waals surface area contributed by atoms with Gasteiger partial charge in [0.1, 0.15) is 0 Å². The fourth-order valence-electron chi connectivity index (χ4n) is 1.03. The summed E-state index contributed by atoms with van der Waals surface area (Å²) in [5.41, 5.74) is 0. The Morgan fingerprint density at radius 2 is 2.30 bits per heavy atom. The van der Waals surface area contributed by atoms with Crippen LogP contribution in [0.3, 0.4) is 0 Å². The lowest BCUT2D eigenvalue weighted by molar-refractivity contribution is 0.548. The Kier molecular flexibility index (Phi) is 2.31. The van der Waals surface area contributed by atoms with Gasteiger partial charge in [-0.05, 0) is 19.4 Å². The SMILES string of the molecule is CS(=O)(=O)[C@H]1C[CH]CNC1. The van der Waals surface area contributed by atoms with Crippen molar-refractivity contribution < 1.29 is 8.42 Å². The molecule has 10 heavy (non-hydrogen) atoms. The van der Waals surface area contributed by atoms with E-state index in [9.17, 15) is 8.42 Å². The lowest BCUT2D eigenvalue weighted by Gasteiger charge is -2.20. The summed E-state index contributed by atoms with van der Waals surface area (Å²) < 4.78 is 21.9. The van der Waals surface area contributed by atoms with E-state index in [0.717, 1.165) is 6.54 Å². The predicted octanol–water partition coefficient (Wildman–Crippen LogP) is -0.403. The molecule has 0 saturated carbocycles. The summed E-state index contributed by atoms with van der Waals surface area (Å²) in [7, 11) is -2.82. The van der Waals surface area contributed by atoms with Gasteiger partial charge in [-0.2, -0.15) is 0 Å². The normalized spacial score (nSPS) is 28.3. The zero-order chi connectivity index (χ0) is 7.61. The molecule has 0 bridgehead atoms. The van der Waals surface area contributed by atoms with Gasteiger partial charge < -0.3 is 5.32 Å². The zero-order valence-electron chi connectivity index (χ0n) is 6.00. The van der Waals surface area contributed by atoms with Crippen molar-refractivity contribution in [1.82, 2.24) is 5.32 Å². The molecule has 0 aromatic heterocycles. The summed E-state index contributed by atoms with van der Waals surface area (Å²) in [4.78, 5) is 0. The Hall–Kier alpha value is -0.0900. The molecule has 1 radical (unpaired) electrons. The molecule has 0 unspecified atom stereocenters. The van der Waals surface area contributed by atoms with Crippen LogP contribution in [0.25, 0.3) is 0 Å². The topological polar surface area (TPSA) is 46.2 Å². The maximum Gasteiger partial charge on any atom is 0.151 e. The number of nitrogens with one attached hydrogen (secondary N) is 1. The molecule has 0 aromatic carbocycles. The first-order valence-corrected chi connectivity index (χ1v) is 5.27. The van der Waals surface area contributed by atoms with Crippen molar-refractivity contribution in [3.05, 3.63) is 6.42 Å². The smallest absolute Gasteiger partial charge is 0.151 e. The number of piperidine rings is 1. The van der Waals surface area contributed by atoms with Crippen LogP contribution in [0, 0.1) is 6.42 Å². The highest BCUT2D eigenvalue weighted by molar-refractivity contribution is 7.91. The van der Waals surface area contributed by atoms with Crippen molar-refractivity contribution >= 4 is 9.84 Å². The molecule has 1 saturated heterocycles. The van der Waals surface area contributed by atoms with Crippen molar-refractivity contribution in [1.29, 1.82) is 0 Å². The van der Waals surface area contributed by atoms with Crippen LogP contribution in [-0.4, -0.2) is 33.0 Å². The van der Waals surface area contributed by atoms with E-state index in [-0.39, 0.29) is 5.25 Å². The standard InChI is InChI=1S/C6H12NO2S/c1-10(8,9)6-3-2-4-7-5-6/h2,6-7H,3-5H2,1H3/t6-/m0/s1. The third-order valence-electron chi connectivity index (χ3n) is 1.70. The van der Waals surface area contributed by atoms with Gasteiger partial charge >= 0.3 is 0 Å². The highest BCUT2D eigenvalue weighted by Crippen LogP contribution is 2.08. The third-order valence-corrected chi connectivity index (χ3v) is 3.27. The Bertz CT molecular complexity index is 192. The minimum atomic E-state index is -2.82. The minimum Gasteiger partial charge on any atom is -0.315 e. The second-order valence-corrected chi connectivity index (χ2v) is 4.96. The molecular formula is C6H12NO2S. The second kappa shape index (κ2) is 2.88. The molecule has 0 amide bonds. The fourth-order valence-corrected chi connectivity index (χ4v) is 1.93. The van der Waals surface area contributed by atoms with Gasteiger partial charge in [0.2, 0.25) is 0 Å². The summed E-state index contributed by atoms with van der Waals surface area (Å²) in [6.07, 6.45) is 3.96. The van der Waals surface area contributed by atoms with E-state index in [2.05, 4.69) is 5.32 Å². The van der Waals surface area contributed by atoms with Crippen molar-refractivity contribution in [3.63, 3.8) is 0 Å². The Balaban J connectivity index is 2.56. The van der Waals surface area contributed by atoms with Crippen LogP contribution in [0.1, 0.15) is 6.42 Å². The Morgan fingerprint density at radius 3 is 2.60 bits per heavy atom. The lowest BCUT2D eigenvalue weighted by Crippen LogP contribution is -2.38. The molecule has 59 valence electrons. The van der Waals surface area contributed by atoms with Crippen molar-refractivity contribution in [3.8, 4) is 0 Å². The molecule has 0 spiro atoms. The highest BCUT2D eigenvalue weighted by atomic mass is 32.2. The van der Waals surface area contributed by atoms with Crippen molar-refractivity contribution in [2.75, 3.05) is 19.3 Å². The van der Waals surface area contributed by atoms with Crippen LogP contribution in [-0.2, 0) is 9.84 Å². The lowest BCUT2D eigenvalue weighted by atomic mass is 10.2. The maximum atomic E-state index is 10.9. The van der Waals surface area contributed by atoms with E-state index in [1.165, 1.54) is 6.26 Å². The Morgan fingerprint density at radius 1 is 1.60 bits per heavy atom. The van der Waals surface area contributed by atoms with E-state index in [1.54, 1.807) is 0 Å². The van der Waals surface area contributed by atoms with Crippen LogP contribution >= 0.6 is 0 Å². The zero-order valence-corrected chi connectivity index (χ0v) is 6.82. The van der Waals surface area contributed by atoms with Crippen molar-refractivity contribution in [2.45, 2.75) is 11.7 Å². The molecule has 0 aromatic rings. The maximum absolute atomic E-state index is 10.9. The Labute approximate surface area is 61.7 Å². The quantitative estimate of drug-likeness (QED) is 0.570. The largest absolute Gasteiger partial charge is 0.315 e. The second-order valence-electron chi connectivity index (χ2n) is 2.63. The average Bonchev–Trinajstić information content (AvgIpc) is 1.88. The predicted molar refractivity (Wildman–Crippen MR) is 40.4 cm³/mol. The molecule has 4 heteroatoms. The number of hydrogen-bond donors (Lipinski definition) is 1. The van der Waals surface area contributed by atoms with E-state index < -0.39 is 9.84 Å². The average molecular weight is 162 g/mol. The van der Waals surface area contributed by atoms with Gasteiger partial charge in [-0.25, -0.2) is 8.42 Å².